The van der Waals surface area contributed by atoms with Gasteiger partial charge in [0.2, 0.25) is 0 Å². The minimum absolute atomic E-state index is 0.261. The summed E-state index contributed by atoms with van der Waals surface area (Å²) in [7, 11) is 0. The van der Waals surface area contributed by atoms with Gasteiger partial charge in [-0.05, 0) is 48.7 Å². The van der Waals surface area contributed by atoms with Crippen LogP contribution in [0.1, 0.15) is 36.8 Å². The number of thioether (sulfide) groups is 1. The minimum Gasteiger partial charge on any atom is -0.491 e. The molecule has 1 aromatic heterocycles. The van der Waals surface area contributed by atoms with Gasteiger partial charge >= 0.3 is 5.97 Å². The second-order valence-corrected chi connectivity index (χ2v) is 12.6. The van der Waals surface area contributed by atoms with Gasteiger partial charge in [-0.3, -0.25) is 14.7 Å². The zero-order valence-electron chi connectivity index (χ0n) is 27.6. The van der Waals surface area contributed by atoms with Gasteiger partial charge in [0.15, 0.2) is 6.61 Å². The van der Waals surface area contributed by atoms with Gasteiger partial charge in [0.05, 0.1) is 70.9 Å². The fraction of sp³-hybridized carbons (Fsp3) is 0.529. The van der Waals surface area contributed by atoms with Gasteiger partial charge in [-0.25, -0.2) is 4.79 Å². The van der Waals surface area contributed by atoms with E-state index < -0.39 is 12.6 Å². The van der Waals surface area contributed by atoms with Crippen LogP contribution in [0.15, 0.2) is 47.6 Å². The molecular formula is C34H45ClN2O10S2. The Balaban J connectivity index is 1.29. The number of ether oxygens (including phenoxy) is 7. The molecule has 0 saturated carbocycles. The van der Waals surface area contributed by atoms with E-state index >= 15 is 0 Å². The Morgan fingerprint density at radius 1 is 0.857 bits per heavy atom. The van der Waals surface area contributed by atoms with E-state index in [1.54, 1.807) is 42.7 Å². The Labute approximate surface area is 302 Å². The molecule has 1 saturated heterocycles. The predicted molar refractivity (Wildman–Crippen MR) is 191 cm³/mol. The van der Waals surface area contributed by atoms with Gasteiger partial charge in [0, 0.05) is 30.4 Å². The molecule has 3 rings (SSSR count). The van der Waals surface area contributed by atoms with E-state index in [0.29, 0.717) is 92.3 Å². The van der Waals surface area contributed by atoms with E-state index in [1.807, 2.05) is 6.07 Å². The summed E-state index contributed by atoms with van der Waals surface area (Å²) < 4.78 is 39.4. The summed E-state index contributed by atoms with van der Waals surface area (Å²) in [4.78, 5) is 30.3. The van der Waals surface area contributed by atoms with Gasteiger partial charge in [-0.15, -0.1) is 11.6 Å². The van der Waals surface area contributed by atoms with E-state index in [1.165, 1.54) is 4.90 Å². The maximum Gasteiger partial charge on any atom is 0.341 e. The zero-order valence-corrected chi connectivity index (χ0v) is 29.9. The molecule has 1 aromatic carbocycles. The lowest BCUT2D eigenvalue weighted by Gasteiger charge is -2.14. The number of unbranched alkanes of at least 4 members (excludes halogenated alkanes) is 3. The summed E-state index contributed by atoms with van der Waals surface area (Å²) in [5, 5.41) is 9.10. The topological polar surface area (TPSA) is 135 Å². The van der Waals surface area contributed by atoms with Gasteiger partial charge in [0.1, 0.15) is 22.4 Å². The lowest BCUT2D eigenvalue weighted by molar-refractivity contribution is -0.139. The van der Waals surface area contributed by atoms with Crippen LogP contribution >= 0.6 is 35.6 Å². The molecule has 1 amide bonds. The molecule has 49 heavy (non-hydrogen) atoms. The number of aliphatic carboxylic acids is 1. The number of aromatic nitrogens is 1. The first-order valence-corrected chi connectivity index (χ1v) is 17.9. The quantitative estimate of drug-likeness (QED) is 0.0530. The summed E-state index contributed by atoms with van der Waals surface area (Å²) in [6, 6.07) is 8.61. The van der Waals surface area contributed by atoms with E-state index in [2.05, 4.69) is 4.98 Å². The molecular weight excluding hydrogens is 696 g/mol. The number of halogens is 1. The first-order valence-electron chi connectivity index (χ1n) is 16.2. The van der Waals surface area contributed by atoms with Crippen LogP contribution in [0.5, 0.6) is 11.5 Å². The average molecular weight is 741 g/mol. The van der Waals surface area contributed by atoms with Crippen LogP contribution in [0.3, 0.4) is 0 Å². The number of amides is 1. The van der Waals surface area contributed by atoms with Crippen molar-refractivity contribution < 1.29 is 47.9 Å². The van der Waals surface area contributed by atoms with Crippen molar-refractivity contribution in [3.05, 3.63) is 58.8 Å². The first kappa shape index (κ1) is 40.6. The summed E-state index contributed by atoms with van der Waals surface area (Å²) >= 11 is 12.3. The molecule has 12 nitrogen and oxygen atoms in total. The molecule has 0 bridgehead atoms. The molecule has 0 radical (unpaired) electrons. The lowest BCUT2D eigenvalue weighted by atomic mass is 10.1. The number of benzene rings is 1. The molecule has 0 spiro atoms. The number of nitrogens with zero attached hydrogens (tertiary/aromatic N) is 2. The molecule has 2 aromatic rings. The molecule has 1 aliphatic heterocycles. The number of carbonyl (C=O) groups excluding carboxylic acids is 1. The van der Waals surface area contributed by atoms with E-state index in [-0.39, 0.29) is 12.5 Å². The number of alkyl halides is 1. The molecule has 15 heteroatoms. The number of carbonyl (C=O) groups is 2. The van der Waals surface area contributed by atoms with Crippen LogP contribution in [0.2, 0.25) is 0 Å². The summed E-state index contributed by atoms with van der Waals surface area (Å²) in [5.41, 5.74) is 1.33. The summed E-state index contributed by atoms with van der Waals surface area (Å²) in [6.07, 6.45) is 9.37. The Morgan fingerprint density at radius 2 is 1.49 bits per heavy atom. The Hall–Kier alpha value is -2.82. The van der Waals surface area contributed by atoms with Crippen LogP contribution < -0.4 is 9.47 Å². The van der Waals surface area contributed by atoms with Crippen molar-refractivity contribution in [3.63, 3.8) is 0 Å². The SMILES string of the molecule is O=C(O)COc1ccc(OCCOCCOCCOCCOCCOCCCCCCCl)cc1/C=C1\SC(=S)N(Cc2cccnc2)C1=O. The normalized spacial score (nSPS) is 13.8. The Kier molecular flexibility index (Phi) is 20.9. The third-order valence-electron chi connectivity index (χ3n) is 6.71. The van der Waals surface area contributed by atoms with Crippen molar-refractivity contribution in [3.8, 4) is 11.5 Å². The average Bonchev–Trinajstić information content (AvgIpc) is 3.36. The maximum absolute atomic E-state index is 13.2. The standard InChI is InChI=1S/C34H45ClN2O10S2/c35-9-3-1-2-4-11-41-12-13-42-14-15-43-16-17-44-18-19-45-20-21-46-29-7-8-30(47-26-32(38)39)28(22-29)23-31-33(40)37(34(48)49-31)25-27-6-5-10-36-24-27/h5-8,10,22-24H,1-4,9,11-21,25-26H2,(H,38,39)/b31-23-. The highest BCUT2D eigenvalue weighted by atomic mass is 35.5. The third-order valence-corrected chi connectivity index (χ3v) is 8.36. The maximum atomic E-state index is 13.2. The Morgan fingerprint density at radius 3 is 2.10 bits per heavy atom. The van der Waals surface area contributed by atoms with Crippen LogP contribution in [0.25, 0.3) is 6.08 Å². The predicted octanol–water partition coefficient (Wildman–Crippen LogP) is 5.21. The molecule has 0 aliphatic carbocycles. The highest BCUT2D eigenvalue weighted by Gasteiger charge is 2.32. The summed E-state index contributed by atoms with van der Waals surface area (Å²) in [6.45, 7) is 4.99. The molecule has 270 valence electrons. The van der Waals surface area contributed by atoms with Crippen molar-refractivity contribution in [1.29, 1.82) is 0 Å². The minimum atomic E-state index is -1.12. The van der Waals surface area contributed by atoms with Gasteiger partial charge in [0.25, 0.3) is 5.91 Å². The fourth-order valence-corrected chi connectivity index (χ4v) is 5.74. The van der Waals surface area contributed by atoms with Gasteiger partial charge in [-0.2, -0.15) is 0 Å². The first-order chi connectivity index (χ1) is 24.0. The van der Waals surface area contributed by atoms with E-state index in [0.717, 1.165) is 55.5 Å². The van der Waals surface area contributed by atoms with Crippen molar-refractivity contribution in [1.82, 2.24) is 9.88 Å². The third kappa shape index (κ3) is 17.1. The van der Waals surface area contributed by atoms with Crippen molar-refractivity contribution >= 4 is 57.9 Å². The second kappa shape index (κ2) is 25.2. The lowest BCUT2D eigenvalue weighted by Crippen LogP contribution is -2.27. The van der Waals surface area contributed by atoms with Crippen LogP contribution in [0, 0.1) is 0 Å². The fourth-order valence-electron chi connectivity index (χ4n) is 4.30. The second-order valence-electron chi connectivity index (χ2n) is 10.5. The highest BCUT2D eigenvalue weighted by molar-refractivity contribution is 8.26. The van der Waals surface area contributed by atoms with Gasteiger partial charge < -0.3 is 38.3 Å². The smallest absolute Gasteiger partial charge is 0.341 e. The monoisotopic (exact) mass is 740 g/mol. The zero-order chi connectivity index (χ0) is 34.9. The number of thiocarbonyl (C=S) groups is 1. The molecule has 2 heterocycles. The molecule has 1 N–H and O–H groups in total. The van der Waals surface area contributed by atoms with Crippen molar-refractivity contribution in [2.75, 3.05) is 85.2 Å². The molecule has 0 atom stereocenters. The van der Waals surface area contributed by atoms with Crippen LogP contribution in [-0.4, -0.2) is 116 Å². The Bertz CT molecular complexity index is 1300. The number of hydrogen-bond acceptors (Lipinski definition) is 12. The van der Waals surface area contributed by atoms with Crippen molar-refractivity contribution in [2.45, 2.75) is 32.2 Å². The van der Waals surface area contributed by atoms with Gasteiger partial charge in [-0.1, -0.05) is 42.9 Å². The van der Waals surface area contributed by atoms with Crippen LogP contribution in [0.4, 0.5) is 0 Å². The van der Waals surface area contributed by atoms with Crippen LogP contribution in [-0.2, 0) is 39.8 Å². The largest absolute Gasteiger partial charge is 0.491 e. The molecule has 1 aliphatic rings. The number of pyridine rings is 1. The van der Waals surface area contributed by atoms with E-state index in [9.17, 15) is 9.59 Å². The van der Waals surface area contributed by atoms with E-state index in [4.69, 9.17) is 62.1 Å². The number of carboxylic acids is 1. The number of carboxylic acid groups (broad SMARTS) is 1. The summed E-state index contributed by atoms with van der Waals surface area (Å²) in [5.74, 6) is 0.139. The number of hydrogen-bond donors (Lipinski definition) is 1. The van der Waals surface area contributed by atoms with Crippen molar-refractivity contribution in [2.24, 2.45) is 0 Å². The number of rotatable bonds is 28. The highest BCUT2D eigenvalue weighted by Crippen LogP contribution is 2.36. The molecule has 0 unspecified atom stereocenters. The molecule has 1 fully saturated rings.